The molecule has 0 fully saturated rings. The third-order valence-electron chi connectivity index (χ3n) is 16.2. The van der Waals surface area contributed by atoms with Crippen LogP contribution in [0, 0.1) is 0 Å². The van der Waals surface area contributed by atoms with Crippen LogP contribution >= 0.6 is 0 Å². The second kappa shape index (κ2) is 71.3. The summed E-state index contributed by atoms with van der Waals surface area (Å²) < 4.78 is 17.0. The Labute approximate surface area is 516 Å². The first-order valence-corrected chi connectivity index (χ1v) is 36.4. The Kier molecular flexibility index (Phi) is 68.6. The molecule has 0 rings (SSSR count). The van der Waals surface area contributed by atoms with Crippen LogP contribution in [-0.4, -0.2) is 37.2 Å². The minimum atomic E-state index is -0.774. The lowest BCUT2D eigenvalue weighted by atomic mass is 10.0. The monoisotopic (exact) mass is 1160 g/mol. The fourth-order valence-corrected chi connectivity index (χ4v) is 10.8. The Morgan fingerprint density at radius 3 is 0.735 bits per heavy atom. The highest BCUT2D eigenvalue weighted by Crippen LogP contribution is 2.19. The molecule has 0 aromatic carbocycles. The number of carbonyl (C=O) groups excluding carboxylic acids is 3. The van der Waals surface area contributed by atoms with E-state index in [0.29, 0.717) is 19.3 Å². The van der Waals surface area contributed by atoms with Gasteiger partial charge in [-0.1, -0.05) is 363 Å². The largest absolute Gasteiger partial charge is 0.462 e. The lowest BCUT2D eigenvalue weighted by Crippen LogP contribution is -2.30. The maximum Gasteiger partial charge on any atom is 0.306 e. The van der Waals surface area contributed by atoms with E-state index in [9.17, 15) is 14.4 Å². The van der Waals surface area contributed by atoms with Crippen molar-refractivity contribution in [1.29, 1.82) is 0 Å². The SMILES string of the molecule is CC/C=C\C/C=C\C/C=C\C/C=C\C/C=C\C/C=C\CCCCCCCCCCCCC(=O)OCC(COC(=O)CCCCCCCCCCCC)OC(=O)CCCCCCCCCCCCCCCCCCCCCCCCCCCC. The molecule has 1 unspecified atom stereocenters. The number of rotatable bonds is 67. The Bertz CT molecular complexity index is 1520. The van der Waals surface area contributed by atoms with Gasteiger partial charge in [0.25, 0.3) is 0 Å². The third kappa shape index (κ3) is 69.5. The van der Waals surface area contributed by atoms with Crippen LogP contribution in [0.25, 0.3) is 0 Å². The quantitative estimate of drug-likeness (QED) is 0.0261. The van der Waals surface area contributed by atoms with Gasteiger partial charge in [0.1, 0.15) is 13.2 Å². The van der Waals surface area contributed by atoms with Crippen LogP contribution in [0.2, 0.25) is 0 Å². The van der Waals surface area contributed by atoms with Crippen LogP contribution in [-0.2, 0) is 28.6 Å². The van der Waals surface area contributed by atoms with Crippen LogP contribution in [0.1, 0.15) is 380 Å². The number of allylic oxidation sites excluding steroid dienone is 12. The van der Waals surface area contributed by atoms with Gasteiger partial charge in [-0.05, 0) is 70.6 Å². The highest BCUT2D eigenvalue weighted by atomic mass is 16.6. The average molecular weight is 1160 g/mol. The van der Waals surface area contributed by atoms with Crippen molar-refractivity contribution in [3.05, 3.63) is 72.9 Å². The van der Waals surface area contributed by atoms with E-state index in [4.69, 9.17) is 14.2 Å². The van der Waals surface area contributed by atoms with Crippen LogP contribution < -0.4 is 0 Å². The van der Waals surface area contributed by atoms with Gasteiger partial charge >= 0.3 is 17.9 Å². The first-order chi connectivity index (χ1) is 41.0. The van der Waals surface area contributed by atoms with E-state index < -0.39 is 6.10 Å². The van der Waals surface area contributed by atoms with Gasteiger partial charge in [-0.25, -0.2) is 0 Å². The summed E-state index contributed by atoms with van der Waals surface area (Å²) in [7, 11) is 0. The van der Waals surface area contributed by atoms with Crippen LogP contribution in [0.3, 0.4) is 0 Å². The number of ether oxygens (including phenoxy) is 3. The van der Waals surface area contributed by atoms with Crippen molar-refractivity contribution < 1.29 is 28.6 Å². The summed E-state index contributed by atoms with van der Waals surface area (Å²) in [5.74, 6) is -0.853. The molecule has 0 spiro atoms. The first kappa shape index (κ1) is 79.8. The summed E-state index contributed by atoms with van der Waals surface area (Å²) >= 11 is 0. The van der Waals surface area contributed by atoms with Crippen LogP contribution in [0.15, 0.2) is 72.9 Å². The Morgan fingerprint density at radius 2 is 0.470 bits per heavy atom. The molecule has 0 aliphatic rings. The van der Waals surface area contributed by atoms with E-state index in [-0.39, 0.29) is 31.1 Å². The summed E-state index contributed by atoms with van der Waals surface area (Å²) in [6.45, 7) is 6.57. The minimum absolute atomic E-state index is 0.0708. The van der Waals surface area contributed by atoms with Crippen LogP contribution in [0.4, 0.5) is 0 Å². The summed E-state index contributed by atoms with van der Waals surface area (Å²) in [5.41, 5.74) is 0. The molecule has 0 aromatic heterocycles. The first-order valence-electron chi connectivity index (χ1n) is 36.4. The van der Waals surface area contributed by atoms with E-state index >= 15 is 0 Å². The van der Waals surface area contributed by atoms with Gasteiger partial charge in [-0.15, -0.1) is 0 Å². The molecule has 482 valence electrons. The standard InChI is InChI=1S/C77H138O6/c1-4-7-10-13-16-19-22-24-26-28-30-32-34-36-38-39-40-42-43-45-47-49-51-53-55-58-61-64-67-70-76(79)82-73-74(72-81-75(78)69-66-63-60-57-21-18-15-12-9-6-3)83-77(80)71-68-65-62-59-56-54-52-50-48-46-44-41-37-35-33-31-29-27-25-23-20-17-14-11-8-5-2/h7,10,16,19,24,26,30,32,36,38,40,42,74H,4-6,8-9,11-15,17-18,20-23,25,27-29,31,33-35,37,39,41,43-73H2,1-3H3/b10-7-,19-16-,26-24-,32-30-,38-36-,42-40-. The number of hydrogen-bond donors (Lipinski definition) is 0. The Balaban J connectivity index is 4.16. The van der Waals surface area contributed by atoms with Crippen molar-refractivity contribution in [3.8, 4) is 0 Å². The molecule has 0 saturated carbocycles. The molecule has 0 saturated heterocycles. The van der Waals surface area contributed by atoms with E-state index in [1.807, 2.05) is 0 Å². The smallest absolute Gasteiger partial charge is 0.306 e. The highest BCUT2D eigenvalue weighted by Gasteiger charge is 2.19. The van der Waals surface area contributed by atoms with E-state index in [0.717, 1.165) is 96.3 Å². The number of unbranched alkanes of at least 4 members (excludes halogenated alkanes) is 44. The third-order valence-corrected chi connectivity index (χ3v) is 16.2. The van der Waals surface area contributed by atoms with Gasteiger partial charge in [0.2, 0.25) is 0 Å². The highest BCUT2D eigenvalue weighted by molar-refractivity contribution is 5.71. The molecule has 0 aromatic rings. The maximum absolute atomic E-state index is 12.9. The minimum Gasteiger partial charge on any atom is -0.462 e. The molecule has 0 heterocycles. The fourth-order valence-electron chi connectivity index (χ4n) is 10.8. The fraction of sp³-hybridized carbons (Fsp3) is 0.805. The van der Waals surface area contributed by atoms with E-state index in [2.05, 4.69) is 93.7 Å². The summed E-state index contributed by atoms with van der Waals surface area (Å²) in [4.78, 5) is 38.4. The molecule has 0 aliphatic carbocycles. The van der Waals surface area contributed by atoms with Crippen molar-refractivity contribution in [2.24, 2.45) is 0 Å². The molecule has 6 heteroatoms. The van der Waals surface area contributed by atoms with Crippen molar-refractivity contribution in [2.45, 2.75) is 386 Å². The maximum atomic E-state index is 12.9. The molecule has 1 atom stereocenters. The van der Waals surface area contributed by atoms with Crippen LogP contribution in [0.5, 0.6) is 0 Å². The van der Waals surface area contributed by atoms with E-state index in [1.165, 1.54) is 244 Å². The molecule has 0 bridgehead atoms. The molecule has 6 nitrogen and oxygen atoms in total. The lowest BCUT2D eigenvalue weighted by molar-refractivity contribution is -0.167. The molecule has 0 radical (unpaired) electrons. The summed E-state index contributed by atoms with van der Waals surface area (Å²) in [6, 6.07) is 0. The van der Waals surface area contributed by atoms with Gasteiger partial charge in [0.05, 0.1) is 0 Å². The van der Waals surface area contributed by atoms with Gasteiger partial charge < -0.3 is 14.2 Å². The predicted octanol–water partition coefficient (Wildman–Crippen LogP) is 25.2. The van der Waals surface area contributed by atoms with Gasteiger partial charge in [-0.3, -0.25) is 14.4 Å². The summed E-state index contributed by atoms with van der Waals surface area (Å²) in [6.07, 6.45) is 93.8. The second-order valence-corrected chi connectivity index (χ2v) is 24.5. The number of esters is 3. The zero-order chi connectivity index (χ0) is 59.9. The second-order valence-electron chi connectivity index (χ2n) is 24.5. The lowest BCUT2D eigenvalue weighted by Gasteiger charge is -2.18. The van der Waals surface area contributed by atoms with Gasteiger partial charge in [0.15, 0.2) is 6.10 Å². The average Bonchev–Trinajstić information content (AvgIpc) is 3.49. The summed E-state index contributed by atoms with van der Waals surface area (Å²) in [5, 5.41) is 0. The molecule has 0 amide bonds. The number of carbonyl (C=O) groups is 3. The zero-order valence-electron chi connectivity index (χ0n) is 55.5. The van der Waals surface area contributed by atoms with E-state index in [1.54, 1.807) is 0 Å². The van der Waals surface area contributed by atoms with Crippen molar-refractivity contribution in [1.82, 2.24) is 0 Å². The Hall–Kier alpha value is -3.15. The molecular formula is C77H138O6. The normalized spacial score (nSPS) is 12.5. The zero-order valence-corrected chi connectivity index (χ0v) is 55.5. The predicted molar refractivity (Wildman–Crippen MR) is 362 cm³/mol. The van der Waals surface area contributed by atoms with Crippen molar-refractivity contribution in [3.63, 3.8) is 0 Å². The topological polar surface area (TPSA) is 78.9 Å². The Morgan fingerprint density at radius 1 is 0.253 bits per heavy atom. The van der Waals surface area contributed by atoms with Crippen molar-refractivity contribution in [2.75, 3.05) is 13.2 Å². The molecule has 0 aliphatic heterocycles. The molecular weight excluding hydrogens is 1020 g/mol. The van der Waals surface area contributed by atoms with Crippen molar-refractivity contribution >= 4 is 17.9 Å². The molecule has 83 heavy (non-hydrogen) atoms. The number of hydrogen-bond acceptors (Lipinski definition) is 6. The van der Waals surface area contributed by atoms with Gasteiger partial charge in [0, 0.05) is 19.3 Å². The van der Waals surface area contributed by atoms with Gasteiger partial charge in [-0.2, -0.15) is 0 Å². The molecule has 0 N–H and O–H groups in total.